The van der Waals surface area contributed by atoms with E-state index in [1.165, 1.54) is 24.3 Å². The van der Waals surface area contributed by atoms with E-state index in [-0.39, 0.29) is 10.8 Å². The van der Waals surface area contributed by atoms with Crippen LogP contribution in [-0.2, 0) is 15.6 Å². The molecule has 1 fully saturated rings. The van der Waals surface area contributed by atoms with Crippen molar-refractivity contribution in [1.29, 1.82) is 0 Å². The van der Waals surface area contributed by atoms with Gasteiger partial charge in [-0.05, 0) is 50.5 Å². The van der Waals surface area contributed by atoms with Crippen LogP contribution in [0.3, 0.4) is 0 Å². The zero-order chi connectivity index (χ0) is 16.7. The third kappa shape index (κ3) is 3.25. The van der Waals surface area contributed by atoms with Crippen LogP contribution in [0.25, 0.3) is 0 Å². The number of nitrogens with two attached hydrogens (primary N) is 1. The van der Waals surface area contributed by atoms with Crippen molar-refractivity contribution >= 4 is 21.6 Å². The molecule has 0 bridgehead atoms. The fraction of sp³-hybridized carbons (Fsp3) is 0.429. The second-order valence-corrected chi connectivity index (χ2v) is 7.91. The molecule has 0 saturated heterocycles. The predicted molar refractivity (Wildman–Crippen MR) is 84.2 cm³/mol. The lowest BCUT2D eigenvalue weighted by Crippen LogP contribution is -2.44. The third-order valence-corrected chi connectivity index (χ3v) is 5.77. The SMILES string of the molecule is CC(NS(=O)(=O)c1ccc(Cl)cc1)c1nc(C2(N)CCC2)no1. The summed E-state index contributed by atoms with van der Waals surface area (Å²) in [5.74, 6) is 0.616. The molecule has 0 radical (unpaired) electrons. The van der Waals surface area contributed by atoms with Gasteiger partial charge in [-0.2, -0.15) is 9.71 Å². The predicted octanol–water partition coefficient (Wildman–Crippen LogP) is 2.10. The molecule has 0 aliphatic heterocycles. The molecular weight excluding hydrogens is 340 g/mol. The van der Waals surface area contributed by atoms with Gasteiger partial charge >= 0.3 is 0 Å². The Labute approximate surface area is 139 Å². The first kappa shape index (κ1) is 16.4. The summed E-state index contributed by atoms with van der Waals surface area (Å²) in [4.78, 5) is 4.36. The van der Waals surface area contributed by atoms with Gasteiger partial charge in [0.05, 0.1) is 16.5 Å². The van der Waals surface area contributed by atoms with Gasteiger partial charge in [-0.3, -0.25) is 0 Å². The second kappa shape index (κ2) is 5.86. The van der Waals surface area contributed by atoms with E-state index in [0.717, 1.165) is 19.3 Å². The molecule has 0 spiro atoms. The van der Waals surface area contributed by atoms with Crippen LogP contribution in [0, 0.1) is 0 Å². The monoisotopic (exact) mass is 356 g/mol. The molecule has 1 atom stereocenters. The fourth-order valence-corrected chi connectivity index (χ4v) is 3.68. The van der Waals surface area contributed by atoms with Crippen LogP contribution >= 0.6 is 11.6 Å². The van der Waals surface area contributed by atoms with Crippen molar-refractivity contribution in [2.75, 3.05) is 0 Å². The largest absolute Gasteiger partial charge is 0.338 e. The van der Waals surface area contributed by atoms with Crippen molar-refractivity contribution in [3.8, 4) is 0 Å². The van der Waals surface area contributed by atoms with Crippen molar-refractivity contribution in [2.24, 2.45) is 5.73 Å². The zero-order valence-corrected chi connectivity index (χ0v) is 14.1. The Morgan fingerprint density at radius 1 is 1.35 bits per heavy atom. The number of rotatable bonds is 5. The number of aromatic nitrogens is 2. The average Bonchev–Trinajstić information content (AvgIpc) is 2.95. The van der Waals surface area contributed by atoms with Gasteiger partial charge in [-0.15, -0.1) is 0 Å². The van der Waals surface area contributed by atoms with Crippen LogP contribution in [-0.4, -0.2) is 18.6 Å². The lowest BCUT2D eigenvalue weighted by Gasteiger charge is -2.34. The van der Waals surface area contributed by atoms with Crippen molar-refractivity contribution < 1.29 is 12.9 Å². The number of halogens is 1. The van der Waals surface area contributed by atoms with Crippen molar-refractivity contribution in [3.05, 3.63) is 41.0 Å². The highest BCUT2D eigenvalue weighted by atomic mass is 35.5. The molecule has 124 valence electrons. The molecule has 1 heterocycles. The van der Waals surface area contributed by atoms with E-state index < -0.39 is 21.6 Å². The Morgan fingerprint density at radius 3 is 2.57 bits per heavy atom. The summed E-state index contributed by atoms with van der Waals surface area (Å²) in [6.45, 7) is 1.63. The van der Waals surface area contributed by atoms with Crippen LogP contribution in [0.15, 0.2) is 33.7 Å². The Kier molecular flexibility index (Phi) is 4.18. The van der Waals surface area contributed by atoms with Crippen molar-refractivity contribution in [1.82, 2.24) is 14.9 Å². The fourth-order valence-electron chi connectivity index (χ4n) is 2.36. The maximum Gasteiger partial charge on any atom is 0.244 e. The lowest BCUT2D eigenvalue weighted by atomic mass is 9.77. The second-order valence-electron chi connectivity index (χ2n) is 5.76. The normalized spacial score (nSPS) is 18.4. The minimum atomic E-state index is -3.71. The van der Waals surface area contributed by atoms with Gasteiger partial charge in [0.2, 0.25) is 15.9 Å². The number of nitrogens with one attached hydrogen (secondary N) is 1. The van der Waals surface area contributed by atoms with E-state index in [1.807, 2.05) is 0 Å². The third-order valence-electron chi connectivity index (χ3n) is 3.96. The topological polar surface area (TPSA) is 111 Å². The summed E-state index contributed by atoms with van der Waals surface area (Å²) in [6.07, 6.45) is 2.63. The molecule has 1 unspecified atom stereocenters. The first-order valence-corrected chi connectivity index (χ1v) is 9.07. The minimum absolute atomic E-state index is 0.114. The Morgan fingerprint density at radius 2 is 2.00 bits per heavy atom. The first-order valence-electron chi connectivity index (χ1n) is 7.21. The highest BCUT2D eigenvalue weighted by Gasteiger charge is 2.39. The van der Waals surface area contributed by atoms with Crippen molar-refractivity contribution in [3.63, 3.8) is 0 Å². The molecule has 2 aromatic rings. The Balaban J connectivity index is 1.76. The van der Waals surface area contributed by atoms with Crippen LogP contribution in [0.1, 0.15) is 43.9 Å². The maximum absolute atomic E-state index is 12.3. The van der Waals surface area contributed by atoms with E-state index in [9.17, 15) is 8.42 Å². The molecule has 1 aromatic carbocycles. The van der Waals surface area contributed by atoms with E-state index >= 15 is 0 Å². The molecule has 1 aromatic heterocycles. The van der Waals surface area contributed by atoms with Gasteiger partial charge in [-0.1, -0.05) is 16.8 Å². The maximum atomic E-state index is 12.3. The van der Waals surface area contributed by atoms with Gasteiger partial charge in [-0.25, -0.2) is 8.42 Å². The van der Waals surface area contributed by atoms with Gasteiger partial charge < -0.3 is 10.3 Å². The lowest BCUT2D eigenvalue weighted by molar-refractivity contribution is 0.228. The summed E-state index contributed by atoms with van der Waals surface area (Å²) in [5, 5.41) is 4.35. The molecule has 1 aliphatic carbocycles. The van der Waals surface area contributed by atoms with Crippen molar-refractivity contribution in [2.45, 2.75) is 42.7 Å². The molecule has 7 nitrogen and oxygen atoms in total. The van der Waals surface area contributed by atoms with E-state index in [2.05, 4.69) is 14.9 Å². The molecule has 23 heavy (non-hydrogen) atoms. The average molecular weight is 357 g/mol. The highest BCUT2D eigenvalue weighted by Crippen LogP contribution is 2.37. The molecule has 3 N–H and O–H groups in total. The summed E-state index contributed by atoms with van der Waals surface area (Å²) >= 11 is 5.77. The molecule has 1 aliphatic rings. The van der Waals surface area contributed by atoms with Gasteiger partial charge in [0.1, 0.15) is 0 Å². The van der Waals surface area contributed by atoms with E-state index in [0.29, 0.717) is 10.8 Å². The number of sulfonamides is 1. The molecule has 9 heteroatoms. The molecule has 3 rings (SSSR count). The summed E-state index contributed by atoms with van der Waals surface area (Å²) in [7, 11) is -3.71. The smallest absolute Gasteiger partial charge is 0.244 e. The number of hydrogen-bond donors (Lipinski definition) is 2. The number of nitrogens with zero attached hydrogens (tertiary/aromatic N) is 2. The van der Waals surface area contributed by atoms with Crippen LogP contribution in [0.5, 0.6) is 0 Å². The molecule has 0 amide bonds. The summed E-state index contributed by atoms with van der Waals surface area (Å²) < 4.78 is 32.3. The highest BCUT2D eigenvalue weighted by molar-refractivity contribution is 7.89. The zero-order valence-electron chi connectivity index (χ0n) is 12.5. The number of benzene rings is 1. The first-order chi connectivity index (χ1) is 10.8. The van der Waals surface area contributed by atoms with Gasteiger partial charge in [0, 0.05) is 5.02 Å². The van der Waals surface area contributed by atoms with Gasteiger partial charge in [0.25, 0.3) is 0 Å². The Hall–Kier alpha value is -1.48. The van der Waals surface area contributed by atoms with Crippen LogP contribution in [0.2, 0.25) is 5.02 Å². The number of hydrogen-bond acceptors (Lipinski definition) is 6. The quantitative estimate of drug-likeness (QED) is 0.848. The van der Waals surface area contributed by atoms with Gasteiger partial charge in [0.15, 0.2) is 5.82 Å². The van der Waals surface area contributed by atoms with E-state index in [1.54, 1.807) is 6.92 Å². The molecular formula is C14H17ClN4O3S. The van der Waals surface area contributed by atoms with Crippen LogP contribution < -0.4 is 10.5 Å². The summed E-state index contributed by atoms with van der Waals surface area (Å²) in [6, 6.07) is 5.22. The summed E-state index contributed by atoms with van der Waals surface area (Å²) in [5.41, 5.74) is 5.59. The minimum Gasteiger partial charge on any atom is -0.338 e. The molecule has 1 saturated carbocycles. The van der Waals surface area contributed by atoms with E-state index in [4.69, 9.17) is 21.9 Å². The Bertz CT molecular complexity index is 800. The standard InChI is InChI=1S/C14H17ClN4O3S/c1-9(12-17-13(18-22-12)14(16)7-2-8-14)19-23(20,21)11-5-3-10(15)4-6-11/h3-6,9,19H,2,7-8,16H2,1H3. The van der Waals surface area contributed by atoms with Crippen LogP contribution in [0.4, 0.5) is 0 Å².